The van der Waals surface area contributed by atoms with Gasteiger partial charge in [-0.05, 0) is 19.8 Å². The fourth-order valence-electron chi connectivity index (χ4n) is 2.77. The number of thiazole rings is 2. The number of alkyl halides is 3. The quantitative estimate of drug-likeness (QED) is 0.858. The number of nitrogens with one attached hydrogen (secondary N) is 1. The van der Waals surface area contributed by atoms with Gasteiger partial charge in [-0.1, -0.05) is 0 Å². The van der Waals surface area contributed by atoms with Crippen LogP contribution < -0.4 is 5.32 Å². The van der Waals surface area contributed by atoms with Gasteiger partial charge >= 0.3 is 12.2 Å². The van der Waals surface area contributed by atoms with Gasteiger partial charge in [-0.25, -0.2) is 14.8 Å². The van der Waals surface area contributed by atoms with Crippen LogP contribution in [0.4, 0.5) is 18.0 Å². The average Bonchev–Trinajstić information content (AvgIpc) is 3.23. The SMILES string of the molecule is Cc1cnc(C2CCN(C(=O)NC(c3nccs3)C(F)(F)F)CC2)s1. The molecule has 2 aromatic rings. The van der Waals surface area contributed by atoms with Crippen molar-refractivity contribution in [1.82, 2.24) is 20.2 Å². The van der Waals surface area contributed by atoms with Gasteiger partial charge in [0.1, 0.15) is 5.01 Å². The summed E-state index contributed by atoms with van der Waals surface area (Å²) in [7, 11) is 0. The van der Waals surface area contributed by atoms with Crippen LogP contribution >= 0.6 is 22.7 Å². The highest BCUT2D eigenvalue weighted by Gasteiger charge is 2.44. The first-order valence-electron chi connectivity index (χ1n) is 7.78. The van der Waals surface area contributed by atoms with Crippen molar-refractivity contribution < 1.29 is 18.0 Å². The number of aryl methyl sites for hydroxylation is 1. The van der Waals surface area contributed by atoms with Crippen molar-refractivity contribution in [2.24, 2.45) is 0 Å². The van der Waals surface area contributed by atoms with E-state index >= 15 is 0 Å². The lowest BCUT2D eigenvalue weighted by molar-refractivity contribution is -0.155. The number of aromatic nitrogens is 2. The lowest BCUT2D eigenvalue weighted by atomic mass is 9.98. The Morgan fingerprint density at radius 3 is 2.60 bits per heavy atom. The molecule has 5 nitrogen and oxygen atoms in total. The number of amides is 2. The molecule has 0 aliphatic carbocycles. The highest BCUT2D eigenvalue weighted by Crippen LogP contribution is 2.34. The van der Waals surface area contributed by atoms with Gasteiger partial charge in [0.15, 0.2) is 6.04 Å². The monoisotopic (exact) mass is 390 g/mol. The molecule has 10 heteroatoms. The Morgan fingerprint density at radius 2 is 2.08 bits per heavy atom. The van der Waals surface area contributed by atoms with Gasteiger partial charge in [0, 0.05) is 41.7 Å². The molecule has 0 bridgehead atoms. The van der Waals surface area contributed by atoms with Crippen LogP contribution in [0.2, 0.25) is 0 Å². The fourth-order valence-corrected chi connectivity index (χ4v) is 4.42. The molecule has 3 rings (SSSR count). The van der Waals surface area contributed by atoms with E-state index in [4.69, 9.17) is 0 Å². The molecule has 0 aromatic carbocycles. The summed E-state index contributed by atoms with van der Waals surface area (Å²) in [5, 5.41) is 4.42. The summed E-state index contributed by atoms with van der Waals surface area (Å²) in [5.41, 5.74) is 0. The Balaban J connectivity index is 1.60. The highest BCUT2D eigenvalue weighted by molar-refractivity contribution is 7.11. The van der Waals surface area contributed by atoms with E-state index in [0.29, 0.717) is 25.9 Å². The number of likely N-dealkylation sites (tertiary alicyclic amines) is 1. The second-order valence-corrected chi connectivity index (χ2v) is 8.06. The molecule has 3 heterocycles. The van der Waals surface area contributed by atoms with Crippen LogP contribution in [0.3, 0.4) is 0 Å². The van der Waals surface area contributed by atoms with E-state index in [1.165, 1.54) is 16.5 Å². The lowest BCUT2D eigenvalue weighted by Gasteiger charge is -2.32. The second-order valence-electron chi connectivity index (χ2n) is 5.86. The van der Waals surface area contributed by atoms with Gasteiger partial charge in [0.05, 0.1) is 5.01 Å². The Kier molecular flexibility index (Phi) is 5.28. The second kappa shape index (κ2) is 7.28. The summed E-state index contributed by atoms with van der Waals surface area (Å²) in [6, 6.07) is -2.77. The van der Waals surface area contributed by atoms with E-state index in [2.05, 4.69) is 15.3 Å². The maximum Gasteiger partial charge on any atom is 0.415 e. The standard InChI is InChI=1S/C15H17F3N4OS2/c1-9-8-20-12(25-9)10-2-5-22(6-3-10)14(23)21-11(15(16,17)18)13-19-4-7-24-13/h4,7-8,10-11H,2-3,5-6H2,1H3,(H,21,23). The lowest BCUT2D eigenvalue weighted by Crippen LogP contribution is -2.48. The molecular formula is C15H17F3N4OS2. The molecule has 1 unspecified atom stereocenters. The van der Waals surface area contributed by atoms with Crippen LogP contribution in [0, 0.1) is 6.92 Å². The highest BCUT2D eigenvalue weighted by atomic mass is 32.1. The molecule has 2 aromatic heterocycles. The third kappa shape index (κ3) is 4.30. The smallest absolute Gasteiger partial charge is 0.325 e. The zero-order valence-electron chi connectivity index (χ0n) is 13.4. The molecule has 0 spiro atoms. The summed E-state index contributed by atoms with van der Waals surface area (Å²) in [6.45, 7) is 2.81. The van der Waals surface area contributed by atoms with Crippen LogP contribution in [0.1, 0.15) is 39.7 Å². The third-order valence-electron chi connectivity index (χ3n) is 4.06. The number of rotatable bonds is 3. The van der Waals surface area contributed by atoms with E-state index < -0.39 is 18.2 Å². The summed E-state index contributed by atoms with van der Waals surface area (Å²) < 4.78 is 39.7. The molecule has 25 heavy (non-hydrogen) atoms. The molecular weight excluding hydrogens is 373 g/mol. The number of hydrogen-bond donors (Lipinski definition) is 1. The minimum absolute atomic E-state index is 0.158. The number of nitrogens with zero attached hydrogens (tertiary/aromatic N) is 3. The van der Waals surface area contributed by atoms with Crippen LogP contribution in [0.15, 0.2) is 17.8 Å². The van der Waals surface area contributed by atoms with E-state index in [0.717, 1.165) is 21.2 Å². The van der Waals surface area contributed by atoms with Crippen molar-refractivity contribution in [3.8, 4) is 0 Å². The Morgan fingerprint density at radius 1 is 1.36 bits per heavy atom. The predicted octanol–water partition coefficient (Wildman–Crippen LogP) is 4.10. The van der Waals surface area contributed by atoms with Crippen molar-refractivity contribution in [2.75, 3.05) is 13.1 Å². The summed E-state index contributed by atoms with van der Waals surface area (Å²) in [6.07, 6.45) is -0.0552. The van der Waals surface area contributed by atoms with Crippen molar-refractivity contribution in [2.45, 2.75) is 37.9 Å². The number of piperidine rings is 1. The Bertz CT molecular complexity index is 709. The maximum atomic E-state index is 13.2. The van der Waals surface area contributed by atoms with Crippen molar-refractivity contribution in [3.05, 3.63) is 32.7 Å². The molecule has 136 valence electrons. The predicted molar refractivity (Wildman–Crippen MR) is 89.8 cm³/mol. The van der Waals surface area contributed by atoms with Gasteiger partial charge in [0.25, 0.3) is 0 Å². The number of hydrogen-bond acceptors (Lipinski definition) is 5. The van der Waals surface area contributed by atoms with Crippen molar-refractivity contribution in [3.63, 3.8) is 0 Å². The molecule has 1 aliphatic rings. The van der Waals surface area contributed by atoms with E-state index in [9.17, 15) is 18.0 Å². The van der Waals surface area contributed by atoms with Gasteiger partial charge in [-0.15, -0.1) is 22.7 Å². The third-order valence-corrected chi connectivity index (χ3v) is 5.98. The van der Waals surface area contributed by atoms with E-state index in [1.54, 1.807) is 11.3 Å². The minimum atomic E-state index is -4.58. The van der Waals surface area contributed by atoms with E-state index in [1.807, 2.05) is 13.1 Å². The minimum Gasteiger partial charge on any atom is -0.325 e. The van der Waals surface area contributed by atoms with Gasteiger partial charge < -0.3 is 10.2 Å². The number of carbonyl (C=O) groups is 1. The summed E-state index contributed by atoms with van der Waals surface area (Å²) in [5.74, 6) is 0.264. The molecule has 0 radical (unpaired) electrons. The van der Waals surface area contributed by atoms with Gasteiger partial charge in [0.2, 0.25) is 0 Å². The normalized spacial score (nSPS) is 17.5. The van der Waals surface area contributed by atoms with Gasteiger partial charge in [-0.3, -0.25) is 0 Å². The number of carbonyl (C=O) groups excluding carboxylic acids is 1. The largest absolute Gasteiger partial charge is 0.415 e. The van der Waals surface area contributed by atoms with Crippen molar-refractivity contribution >= 4 is 28.7 Å². The molecule has 1 aliphatic heterocycles. The zero-order chi connectivity index (χ0) is 18.0. The number of urea groups is 1. The molecule has 1 atom stereocenters. The first kappa shape index (κ1) is 18.1. The summed E-state index contributed by atoms with van der Waals surface area (Å²) >= 11 is 2.51. The fraction of sp³-hybridized carbons (Fsp3) is 0.533. The molecule has 1 saturated heterocycles. The van der Waals surface area contributed by atoms with Gasteiger partial charge in [-0.2, -0.15) is 13.2 Å². The molecule has 0 saturated carbocycles. The van der Waals surface area contributed by atoms with Crippen molar-refractivity contribution in [1.29, 1.82) is 0 Å². The Hall–Kier alpha value is -1.68. The summed E-state index contributed by atoms with van der Waals surface area (Å²) in [4.78, 5) is 22.9. The first-order chi connectivity index (χ1) is 11.8. The first-order valence-corrected chi connectivity index (χ1v) is 9.48. The average molecular weight is 390 g/mol. The van der Waals surface area contributed by atoms with Crippen LogP contribution in [-0.4, -0.2) is 40.2 Å². The maximum absolute atomic E-state index is 13.2. The zero-order valence-corrected chi connectivity index (χ0v) is 15.0. The Labute approximate surface area is 150 Å². The number of halogens is 3. The topological polar surface area (TPSA) is 58.1 Å². The van der Waals surface area contributed by atoms with Crippen LogP contribution in [0.25, 0.3) is 0 Å². The molecule has 1 N–H and O–H groups in total. The molecule has 1 fully saturated rings. The van der Waals surface area contributed by atoms with E-state index in [-0.39, 0.29) is 10.9 Å². The van der Waals surface area contributed by atoms with Crippen LogP contribution in [-0.2, 0) is 0 Å². The van der Waals surface area contributed by atoms with Crippen LogP contribution in [0.5, 0.6) is 0 Å². The molecule has 2 amide bonds.